The first-order valence-corrected chi connectivity index (χ1v) is 6.88. The van der Waals surface area contributed by atoms with E-state index in [2.05, 4.69) is 10.6 Å². The summed E-state index contributed by atoms with van der Waals surface area (Å²) in [7, 11) is 1.65. The normalized spacial score (nSPS) is 10.7. The molecule has 0 atom stereocenters. The molecule has 0 amide bonds. The Hall–Kier alpha value is -2.62. The van der Waals surface area contributed by atoms with E-state index in [1.807, 2.05) is 48.7 Å². The molecule has 4 heteroatoms. The van der Waals surface area contributed by atoms with E-state index in [1.165, 1.54) is 0 Å². The number of hydrogen-bond donors (Lipinski definition) is 1. The molecule has 0 saturated heterocycles. The molecule has 0 aliphatic carbocycles. The summed E-state index contributed by atoms with van der Waals surface area (Å²) in [6, 6.07) is 15.6. The molecule has 1 heterocycles. The molecule has 0 unspecified atom stereocenters. The van der Waals surface area contributed by atoms with Gasteiger partial charge in [-0.25, -0.2) is 0 Å². The van der Waals surface area contributed by atoms with Gasteiger partial charge in [-0.3, -0.25) is 0 Å². The smallest absolute Gasteiger partial charge is 0.119 e. The number of nitrogens with two attached hydrogens (primary N) is 1. The fourth-order valence-corrected chi connectivity index (χ4v) is 2.38. The Balaban J connectivity index is 1.65. The second kappa shape index (κ2) is 5.79. The summed E-state index contributed by atoms with van der Waals surface area (Å²) < 4.78 is 13.0. The van der Waals surface area contributed by atoms with E-state index in [1.54, 1.807) is 7.11 Å². The fourth-order valence-electron chi connectivity index (χ4n) is 2.38. The van der Waals surface area contributed by atoms with E-state index in [0.717, 1.165) is 34.6 Å². The van der Waals surface area contributed by atoms with Crippen LogP contribution < -0.4 is 15.2 Å². The van der Waals surface area contributed by atoms with Gasteiger partial charge in [0.25, 0.3) is 0 Å². The molecule has 4 nitrogen and oxygen atoms in total. The third-order valence-electron chi connectivity index (χ3n) is 3.51. The number of aromatic nitrogens is 1. The van der Waals surface area contributed by atoms with Crippen LogP contribution in [-0.4, -0.2) is 18.3 Å². The van der Waals surface area contributed by atoms with Crippen molar-refractivity contribution in [2.24, 2.45) is 0 Å². The maximum absolute atomic E-state index is 5.96. The highest BCUT2D eigenvalue weighted by molar-refractivity contribution is 5.91. The van der Waals surface area contributed by atoms with Crippen LogP contribution in [0.5, 0.6) is 11.5 Å². The van der Waals surface area contributed by atoms with Crippen molar-refractivity contribution in [3.8, 4) is 11.5 Å². The Labute approximate surface area is 123 Å². The van der Waals surface area contributed by atoms with Crippen LogP contribution in [0.15, 0.2) is 54.7 Å². The van der Waals surface area contributed by atoms with Gasteiger partial charge in [-0.05, 0) is 42.5 Å². The molecule has 0 aliphatic heterocycles. The molecule has 0 fully saturated rings. The molecule has 0 spiro atoms. The number of ether oxygens (including phenoxy) is 2. The van der Waals surface area contributed by atoms with Gasteiger partial charge in [-0.1, -0.05) is 6.07 Å². The van der Waals surface area contributed by atoms with E-state index in [-0.39, 0.29) is 0 Å². The summed E-state index contributed by atoms with van der Waals surface area (Å²) in [5.41, 5.74) is 7.90. The molecule has 108 valence electrons. The van der Waals surface area contributed by atoms with Gasteiger partial charge in [0.1, 0.15) is 18.1 Å². The van der Waals surface area contributed by atoms with Crippen molar-refractivity contribution < 1.29 is 9.47 Å². The van der Waals surface area contributed by atoms with Crippen LogP contribution in [-0.2, 0) is 6.54 Å². The fraction of sp³-hybridized carbons (Fsp3) is 0.176. The van der Waals surface area contributed by atoms with Crippen LogP contribution in [0, 0.1) is 0 Å². The van der Waals surface area contributed by atoms with Crippen LogP contribution in [0.2, 0.25) is 0 Å². The average molecular weight is 282 g/mol. The van der Waals surface area contributed by atoms with Crippen molar-refractivity contribution in [2.45, 2.75) is 6.54 Å². The number of methoxy groups -OCH3 is 1. The van der Waals surface area contributed by atoms with E-state index in [9.17, 15) is 0 Å². The van der Waals surface area contributed by atoms with Crippen LogP contribution in [0.25, 0.3) is 10.9 Å². The second-order valence-corrected chi connectivity index (χ2v) is 4.81. The predicted molar refractivity (Wildman–Crippen MR) is 84.8 cm³/mol. The predicted octanol–water partition coefficient (Wildman–Crippen LogP) is 3.31. The minimum atomic E-state index is 0.602. The van der Waals surface area contributed by atoms with Crippen molar-refractivity contribution in [1.29, 1.82) is 0 Å². The van der Waals surface area contributed by atoms with Gasteiger partial charge in [0.05, 0.1) is 19.2 Å². The van der Waals surface area contributed by atoms with Gasteiger partial charge in [0, 0.05) is 17.3 Å². The molecule has 0 radical (unpaired) electrons. The summed E-state index contributed by atoms with van der Waals surface area (Å²) in [5, 5.41) is 1.09. The second-order valence-electron chi connectivity index (χ2n) is 4.81. The summed E-state index contributed by atoms with van der Waals surface area (Å²) in [5.74, 6) is 1.67. The van der Waals surface area contributed by atoms with Crippen LogP contribution >= 0.6 is 0 Å². The van der Waals surface area contributed by atoms with Crippen molar-refractivity contribution in [1.82, 2.24) is 4.57 Å². The first kappa shape index (κ1) is 13.4. The van der Waals surface area contributed by atoms with Crippen molar-refractivity contribution in [3.63, 3.8) is 0 Å². The molecule has 0 aliphatic rings. The van der Waals surface area contributed by atoms with Gasteiger partial charge >= 0.3 is 0 Å². The SMILES string of the molecule is COc1ccc(OCCn2ccc3c(N)cccc32)cc1. The molecule has 2 aromatic carbocycles. The lowest BCUT2D eigenvalue weighted by atomic mass is 10.2. The summed E-state index contributed by atoms with van der Waals surface area (Å²) in [6.45, 7) is 1.38. The van der Waals surface area contributed by atoms with Gasteiger partial charge in [0.15, 0.2) is 0 Å². The van der Waals surface area contributed by atoms with E-state index in [0.29, 0.717) is 6.61 Å². The van der Waals surface area contributed by atoms with E-state index >= 15 is 0 Å². The zero-order chi connectivity index (χ0) is 14.7. The highest BCUT2D eigenvalue weighted by Crippen LogP contribution is 2.22. The number of rotatable bonds is 5. The zero-order valence-electron chi connectivity index (χ0n) is 12.0. The summed E-state index contributed by atoms with van der Waals surface area (Å²) >= 11 is 0. The first-order valence-electron chi connectivity index (χ1n) is 6.88. The topological polar surface area (TPSA) is 49.4 Å². The quantitative estimate of drug-likeness (QED) is 0.730. The Bertz CT molecular complexity index is 732. The van der Waals surface area contributed by atoms with Crippen LogP contribution in [0.4, 0.5) is 5.69 Å². The highest BCUT2D eigenvalue weighted by atomic mass is 16.5. The van der Waals surface area contributed by atoms with E-state index < -0.39 is 0 Å². The standard InChI is InChI=1S/C17H18N2O2/c1-20-13-5-7-14(8-6-13)21-12-11-19-10-9-15-16(18)3-2-4-17(15)19/h2-10H,11-12,18H2,1H3. The zero-order valence-corrected chi connectivity index (χ0v) is 12.0. The van der Waals surface area contributed by atoms with Gasteiger partial charge < -0.3 is 19.8 Å². The molecular formula is C17H18N2O2. The molecule has 2 N–H and O–H groups in total. The minimum Gasteiger partial charge on any atom is -0.497 e. The molecule has 21 heavy (non-hydrogen) atoms. The largest absolute Gasteiger partial charge is 0.497 e. The number of hydrogen-bond acceptors (Lipinski definition) is 3. The lowest BCUT2D eigenvalue weighted by Gasteiger charge is -2.09. The molecule has 3 rings (SSSR count). The Kier molecular flexibility index (Phi) is 3.69. The monoisotopic (exact) mass is 282 g/mol. The van der Waals surface area contributed by atoms with Gasteiger partial charge in [0.2, 0.25) is 0 Å². The number of nitrogens with zero attached hydrogens (tertiary/aromatic N) is 1. The number of fused-ring (bicyclic) bond motifs is 1. The molecule has 3 aromatic rings. The van der Waals surface area contributed by atoms with Gasteiger partial charge in [-0.15, -0.1) is 0 Å². The molecule has 0 bridgehead atoms. The van der Waals surface area contributed by atoms with Crippen LogP contribution in [0.1, 0.15) is 0 Å². The molecule has 1 aromatic heterocycles. The maximum Gasteiger partial charge on any atom is 0.119 e. The van der Waals surface area contributed by atoms with Crippen molar-refractivity contribution in [3.05, 3.63) is 54.7 Å². The lowest BCUT2D eigenvalue weighted by molar-refractivity contribution is 0.300. The maximum atomic E-state index is 5.96. The third-order valence-corrected chi connectivity index (χ3v) is 3.51. The summed E-state index contributed by atoms with van der Waals surface area (Å²) in [4.78, 5) is 0. The Morgan fingerprint density at radius 1 is 1.00 bits per heavy atom. The first-order chi connectivity index (χ1) is 10.3. The number of benzene rings is 2. The Morgan fingerprint density at radius 2 is 1.76 bits per heavy atom. The molecule has 0 saturated carbocycles. The Morgan fingerprint density at radius 3 is 2.52 bits per heavy atom. The number of anilines is 1. The number of nitrogen functional groups attached to an aromatic ring is 1. The van der Waals surface area contributed by atoms with Gasteiger partial charge in [-0.2, -0.15) is 0 Å². The lowest BCUT2D eigenvalue weighted by Crippen LogP contribution is -2.07. The highest BCUT2D eigenvalue weighted by Gasteiger charge is 2.03. The van der Waals surface area contributed by atoms with Crippen LogP contribution in [0.3, 0.4) is 0 Å². The van der Waals surface area contributed by atoms with Crippen molar-refractivity contribution in [2.75, 3.05) is 19.5 Å². The van der Waals surface area contributed by atoms with E-state index in [4.69, 9.17) is 15.2 Å². The van der Waals surface area contributed by atoms with Crippen molar-refractivity contribution >= 4 is 16.6 Å². The average Bonchev–Trinajstić information content (AvgIpc) is 2.93. The summed E-state index contributed by atoms with van der Waals surface area (Å²) in [6.07, 6.45) is 2.04. The minimum absolute atomic E-state index is 0.602. The third kappa shape index (κ3) is 2.79. The molecular weight excluding hydrogens is 264 g/mol.